The van der Waals surface area contributed by atoms with Gasteiger partial charge in [-0.15, -0.1) is 0 Å². The van der Waals surface area contributed by atoms with Crippen molar-refractivity contribution >= 4 is 54.5 Å². The van der Waals surface area contributed by atoms with E-state index in [1.54, 1.807) is 0 Å². The number of benzene rings is 2. The predicted octanol–water partition coefficient (Wildman–Crippen LogP) is 7.09. The Morgan fingerprint density at radius 3 is 2.26 bits per heavy atom. The van der Waals surface area contributed by atoms with E-state index in [0.717, 1.165) is 4.48 Å². The molecule has 2 aliphatic carbocycles. The quantitative estimate of drug-likeness (QED) is 0.415. The third kappa shape index (κ3) is 2.59. The van der Waals surface area contributed by atoms with E-state index in [0.29, 0.717) is 0 Å². The van der Waals surface area contributed by atoms with Crippen LogP contribution in [-0.2, 0) is 14.9 Å². The number of hydrogen-bond donors (Lipinski definition) is 1. The molecule has 0 aromatic heterocycles. The van der Waals surface area contributed by atoms with Crippen LogP contribution in [-0.4, -0.2) is 0 Å². The number of rotatable bonds is 2. The Labute approximate surface area is 156 Å². The SMILES string of the molecule is [SH][Zr]([Cl])([Cl])([CH]1C=Cc2ccccc21)[CH]1C(Br)=Cc2ccccc21. The van der Waals surface area contributed by atoms with Gasteiger partial charge in [-0.25, -0.2) is 0 Å². The number of hydrogen-bond acceptors (Lipinski definition) is 1. The van der Waals surface area contributed by atoms with Crippen molar-refractivity contribution in [3.63, 3.8) is 0 Å². The summed E-state index contributed by atoms with van der Waals surface area (Å²) in [5.74, 6) is 0. The number of allylic oxidation sites excluding steroid dienone is 2. The van der Waals surface area contributed by atoms with E-state index in [1.807, 2.05) is 24.3 Å². The molecule has 23 heavy (non-hydrogen) atoms. The Morgan fingerprint density at radius 2 is 1.52 bits per heavy atom. The van der Waals surface area contributed by atoms with Crippen molar-refractivity contribution in [3.05, 3.63) is 81.3 Å². The van der Waals surface area contributed by atoms with Crippen LogP contribution in [0.5, 0.6) is 0 Å². The summed E-state index contributed by atoms with van der Waals surface area (Å²) in [4.78, 5) is 0. The van der Waals surface area contributed by atoms with Crippen LogP contribution in [0.1, 0.15) is 29.5 Å². The summed E-state index contributed by atoms with van der Waals surface area (Å²) in [5, 5.41) is 0. The van der Waals surface area contributed by atoms with E-state index in [2.05, 4.69) is 58.4 Å². The molecule has 0 amide bonds. The van der Waals surface area contributed by atoms with Crippen LogP contribution in [0, 0.1) is 0 Å². The van der Waals surface area contributed by atoms with E-state index >= 15 is 0 Å². The molecule has 0 fully saturated rings. The third-order valence-corrected chi connectivity index (χ3v) is 23.0. The van der Waals surface area contributed by atoms with Crippen LogP contribution in [0.3, 0.4) is 0 Å². The van der Waals surface area contributed by atoms with Gasteiger partial charge in [0.15, 0.2) is 0 Å². The number of fused-ring (bicyclic) bond motifs is 2. The van der Waals surface area contributed by atoms with Crippen molar-refractivity contribution in [2.75, 3.05) is 0 Å². The van der Waals surface area contributed by atoms with Gasteiger partial charge in [0, 0.05) is 0 Å². The van der Waals surface area contributed by atoms with Crippen molar-refractivity contribution in [1.82, 2.24) is 0 Å². The van der Waals surface area contributed by atoms with E-state index < -0.39 is 14.9 Å². The zero-order valence-corrected chi connectivity index (χ0v) is 18.5. The van der Waals surface area contributed by atoms with Gasteiger partial charge >= 0.3 is 158 Å². The van der Waals surface area contributed by atoms with Crippen LogP contribution in [0.25, 0.3) is 12.2 Å². The Hall–Kier alpha value is 0.213. The van der Waals surface area contributed by atoms with Gasteiger partial charge < -0.3 is 0 Å². The minimum atomic E-state index is -4.52. The topological polar surface area (TPSA) is 0 Å². The summed E-state index contributed by atoms with van der Waals surface area (Å²) >= 11 is -0.804. The maximum absolute atomic E-state index is 7.27. The summed E-state index contributed by atoms with van der Waals surface area (Å²) in [6.07, 6.45) is 6.38. The fourth-order valence-electron chi connectivity index (χ4n) is 3.69. The summed E-state index contributed by atoms with van der Waals surface area (Å²) in [6.45, 7) is 0. The van der Waals surface area contributed by atoms with Crippen LogP contribution in [0.4, 0.5) is 0 Å². The summed E-state index contributed by atoms with van der Waals surface area (Å²) in [7, 11) is 19.6. The molecule has 0 spiro atoms. The molecule has 0 heterocycles. The van der Waals surface area contributed by atoms with Crippen molar-refractivity contribution < 1.29 is 14.9 Å². The molecule has 4 rings (SSSR count). The summed E-state index contributed by atoms with van der Waals surface area (Å²) in [6, 6.07) is 16.6. The van der Waals surface area contributed by atoms with Gasteiger partial charge in [0.1, 0.15) is 0 Å². The Kier molecular flexibility index (Phi) is 4.07. The van der Waals surface area contributed by atoms with Gasteiger partial charge in [-0.2, -0.15) is 0 Å². The van der Waals surface area contributed by atoms with Gasteiger partial charge in [0.25, 0.3) is 0 Å². The summed E-state index contributed by atoms with van der Waals surface area (Å²) < 4.78 is 0.999. The molecule has 0 aliphatic heterocycles. The standard InChI is InChI=1S/C9H6Br.C9H7.2ClH.H2S.Zr/c10-9-5-7-3-1-2-4-8(7)6-9;1-2-5-9-7-3-6-8(9)4-1;;;;/h1-6H;1-7H;2*1H;1H2;/q;;;;;+3/p-3. The molecule has 2 unspecified atom stereocenters. The Bertz CT molecular complexity index is 867. The third-order valence-electron chi connectivity index (χ3n) is 4.74. The van der Waals surface area contributed by atoms with E-state index in [1.165, 1.54) is 22.3 Å². The Balaban J connectivity index is 1.88. The molecule has 0 saturated heterocycles. The molecule has 0 bridgehead atoms. The molecule has 0 saturated carbocycles. The minimum absolute atomic E-state index is 0.00332. The summed E-state index contributed by atoms with van der Waals surface area (Å²) in [5.41, 5.74) is 4.75. The fourth-order valence-corrected chi connectivity index (χ4v) is 25.0. The van der Waals surface area contributed by atoms with Crippen molar-refractivity contribution in [3.8, 4) is 0 Å². The number of halogens is 3. The van der Waals surface area contributed by atoms with E-state index in [9.17, 15) is 0 Å². The van der Waals surface area contributed by atoms with Gasteiger partial charge in [-0.3, -0.25) is 0 Å². The molecule has 0 radical (unpaired) electrons. The first-order valence-electron chi connectivity index (χ1n) is 7.42. The molecular weight excluding hydrogens is 490 g/mol. The maximum atomic E-state index is 7.27. The molecule has 2 aromatic carbocycles. The normalized spacial score (nSPS) is 23.8. The van der Waals surface area contributed by atoms with E-state index in [-0.39, 0.29) is 7.25 Å². The molecular formula is C18H14BrCl2SZr. The molecule has 2 atom stereocenters. The van der Waals surface area contributed by atoms with Gasteiger partial charge in [-0.1, -0.05) is 0 Å². The Morgan fingerprint density at radius 1 is 0.913 bits per heavy atom. The average molecular weight is 504 g/mol. The van der Waals surface area contributed by atoms with Crippen LogP contribution >= 0.6 is 42.3 Å². The molecule has 5 heteroatoms. The first-order chi connectivity index (χ1) is 10.9. The van der Waals surface area contributed by atoms with Gasteiger partial charge in [-0.05, 0) is 0 Å². The second-order valence-corrected chi connectivity index (χ2v) is 35.0. The van der Waals surface area contributed by atoms with Crippen molar-refractivity contribution in [2.45, 2.75) is 7.25 Å². The monoisotopic (exact) mass is 501 g/mol. The first-order valence-corrected chi connectivity index (χ1v) is 21.1. The zero-order chi connectivity index (χ0) is 16.3. The van der Waals surface area contributed by atoms with Crippen LogP contribution in [0.15, 0.2) is 59.1 Å². The second kappa shape index (κ2) is 5.61. The fraction of sp³-hybridized carbons (Fsp3) is 0.111. The molecule has 0 nitrogen and oxygen atoms in total. The van der Waals surface area contributed by atoms with Gasteiger partial charge in [0.2, 0.25) is 0 Å². The average Bonchev–Trinajstić information content (AvgIpc) is 3.07. The van der Waals surface area contributed by atoms with Crippen LogP contribution in [0.2, 0.25) is 0 Å². The molecule has 0 N–H and O–H groups in total. The molecule has 2 aliphatic rings. The first kappa shape index (κ1) is 16.7. The second-order valence-electron chi connectivity index (χ2n) is 6.16. The number of thiol groups is 1. The molecule has 117 valence electrons. The van der Waals surface area contributed by atoms with E-state index in [4.69, 9.17) is 26.4 Å². The zero-order valence-electron chi connectivity index (χ0n) is 12.1. The van der Waals surface area contributed by atoms with Crippen molar-refractivity contribution in [1.29, 1.82) is 0 Å². The predicted molar refractivity (Wildman–Crippen MR) is 105 cm³/mol. The van der Waals surface area contributed by atoms with Gasteiger partial charge in [0.05, 0.1) is 0 Å². The van der Waals surface area contributed by atoms with Crippen molar-refractivity contribution in [2.24, 2.45) is 0 Å². The molecule has 2 aromatic rings. The van der Waals surface area contributed by atoms with Crippen LogP contribution < -0.4 is 0 Å².